The molecule has 18 heavy (non-hydrogen) atoms. The third kappa shape index (κ3) is 2.87. The van der Waals surface area contributed by atoms with Gasteiger partial charge in [0.2, 0.25) is 0 Å². The summed E-state index contributed by atoms with van der Waals surface area (Å²) in [6.45, 7) is 4.52. The molecule has 6 heteroatoms. The molecule has 1 saturated carbocycles. The van der Waals surface area contributed by atoms with Crippen molar-refractivity contribution >= 4 is 10.2 Å². The van der Waals surface area contributed by atoms with Crippen LogP contribution in [0.4, 0.5) is 0 Å². The summed E-state index contributed by atoms with van der Waals surface area (Å²) in [6, 6.07) is -0.0952. The minimum atomic E-state index is -3.39. The van der Waals surface area contributed by atoms with Gasteiger partial charge in [-0.2, -0.15) is 17.4 Å². The van der Waals surface area contributed by atoms with Gasteiger partial charge in [0.05, 0.1) is 5.60 Å². The molecule has 0 spiro atoms. The average Bonchev–Trinajstić information content (AvgIpc) is 2.25. The topological polar surface area (TPSA) is 69.6 Å². The number of rotatable bonds is 3. The lowest BCUT2D eigenvalue weighted by Crippen LogP contribution is -2.57. The molecule has 5 nitrogen and oxygen atoms in total. The van der Waals surface area contributed by atoms with Gasteiger partial charge in [-0.1, -0.05) is 12.8 Å². The lowest BCUT2D eigenvalue weighted by Gasteiger charge is -2.46. The van der Waals surface area contributed by atoms with E-state index in [4.69, 9.17) is 0 Å². The molecule has 0 aromatic carbocycles. The fourth-order valence-electron chi connectivity index (χ4n) is 3.13. The van der Waals surface area contributed by atoms with Crippen LogP contribution in [0, 0.1) is 5.92 Å². The molecule has 0 aromatic rings. The van der Waals surface area contributed by atoms with E-state index < -0.39 is 15.8 Å². The fourth-order valence-corrected chi connectivity index (χ4v) is 4.58. The zero-order valence-corrected chi connectivity index (χ0v) is 12.0. The molecule has 1 aliphatic heterocycles. The summed E-state index contributed by atoms with van der Waals surface area (Å²) in [5.74, 6) is 0.101. The fraction of sp³-hybridized carbons (Fsp3) is 1.00. The van der Waals surface area contributed by atoms with Crippen LogP contribution >= 0.6 is 0 Å². The summed E-state index contributed by atoms with van der Waals surface area (Å²) < 4.78 is 28.3. The van der Waals surface area contributed by atoms with Gasteiger partial charge in [0.1, 0.15) is 0 Å². The van der Waals surface area contributed by atoms with Gasteiger partial charge < -0.3 is 5.11 Å². The molecule has 2 unspecified atom stereocenters. The van der Waals surface area contributed by atoms with Crippen LogP contribution in [0.5, 0.6) is 0 Å². The molecular weight excluding hydrogens is 252 g/mol. The summed E-state index contributed by atoms with van der Waals surface area (Å²) in [5, 5.41) is 10.5. The molecule has 2 fully saturated rings. The molecule has 1 heterocycles. The summed E-state index contributed by atoms with van der Waals surface area (Å²) in [6.07, 6.45) is 4.48. The van der Waals surface area contributed by atoms with Crippen LogP contribution in [0.1, 0.15) is 46.0 Å². The van der Waals surface area contributed by atoms with E-state index in [1.165, 1.54) is 4.31 Å². The number of hydrogen-bond donors (Lipinski definition) is 2. The van der Waals surface area contributed by atoms with Crippen LogP contribution in [0.2, 0.25) is 0 Å². The molecule has 1 saturated heterocycles. The zero-order valence-electron chi connectivity index (χ0n) is 11.2. The standard InChI is InChI=1S/C12H24N2O3S/c1-10(2)13-18(16,17)14-8-7-12(15)6-4-3-5-11(12)9-14/h10-11,13,15H,3-9H2,1-2H3. The predicted molar refractivity (Wildman–Crippen MR) is 70.3 cm³/mol. The van der Waals surface area contributed by atoms with Crippen LogP contribution < -0.4 is 4.72 Å². The first-order chi connectivity index (χ1) is 8.33. The van der Waals surface area contributed by atoms with Crippen molar-refractivity contribution in [3.05, 3.63) is 0 Å². The summed E-state index contributed by atoms with van der Waals surface area (Å²) in [4.78, 5) is 0. The number of nitrogens with one attached hydrogen (secondary N) is 1. The Morgan fingerprint density at radius 1 is 1.33 bits per heavy atom. The van der Waals surface area contributed by atoms with Crippen LogP contribution in [0.25, 0.3) is 0 Å². The van der Waals surface area contributed by atoms with E-state index in [1.54, 1.807) is 0 Å². The molecule has 2 atom stereocenters. The Labute approximate surface area is 110 Å². The second-order valence-electron chi connectivity index (χ2n) is 5.93. The van der Waals surface area contributed by atoms with Gasteiger partial charge >= 0.3 is 0 Å². The van der Waals surface area contributed by atoms with Crippen molar-refractivity contribution in [2.24, 2.45) is 5.92 Å². The molecule has 2 N–H and O–H groups in total. The Hall–Kier alpha value is -0.170. The maximum absolute atomic E-state index is 12.1. The Kier molecular flexibility index (Phi) is 4.02. The number of aliphatic hydroxyl groups is 1. The highest BCUT2D eigenvalue weighted by Crippen LogP contribution is 2.40. The lowest BCUT2D eigenvalue weighted by molar-refractivity contribution is -0.0818. The minimum Gasteiger partial charge on any atom is -0.390 e. The predicted octanol–water partition coefficient (Wildman–Crippen LogP) is 0.856. The molecular formula is C12H24N2O3S. The van der Waals surface area contributed by atoms with E-state index in [1.807, 2.05) is 13.8 Å². The molecule has 0 aromatic heterocycles. The Morgan fingerprint density at radius 2 is 2.06 bits per heavy atom. The number of fused-ring (bicyclic) bond motifs is 1. The van der Waals surface area contributed by atoms with E-state index in [9.17, 15) is 13.5 Å². The summed E-state index contributed by atoms with van der Waals surface area (Å²) >= 11 is 0. The molecule has 0 radical (unpaired) electrons. The second kappa shape index (κ2) is 5.07. The quantitative estimate of drug-likeness (QED) is 0.803. The normalized spacial score (nSPS) is 34.6. The third-order valence-corrected chi connectivity index (χ3v) is 5.90. The molecule has 106 valence electrons. The molecule has 2 aliphatic rings. The Morgan fingerprint density at radius 3 is 2.72 bits per heavy atom. The van der Waals surface area contributed by atoms with Crippen molar-refractivity contribution in [2.75, 3.05) is 13.1 Å². The smallest absolute Gasteiger partial charge is 0.279 e. The maximum Gasteiger partial charge on any atom is 0.279 e. The first kappa shape index (κ1) is 14.2. The third-order valence-electron chi connectivity index (χ3n) is 4.11. The van der Waals surface area contributed by atoms with Crippen LogP contribution in [-0.2, 0) is 10.2 Å². The van der Waals surface area contributed by atoms with E-state index in [0.717, 1.165) is 25.7 Å². The van der Waals surface area contributed by atoms with Gasteiger partial charge in [-0.15, -0.1) is 0 Å². The number of hydrogen-bond acceptors (Lipinski definition) is 3. The Bertz CT molecular complexity index is 396. The van der Waals surface area contributed by atoms with E-state index >= 15 is 0 Å². The van der Waals surface area contributed by atoms with Crippen molar-refractivity contribution in [1.82, 2.24) is 9.03 Å². The van der Waals surface area contributed by atoms with Crippen molar-refractivity contribution in [1.29, 1.82) is 0 Å². The van der Waals surface area contributed by atoms with E-state index in [0.29, 0.717) is 19.5 Å². The lowest BCUT2D eigenvalue weighted by atomic mass is 9.72. The van der Waals surface area contributed by atoms with Crippen LogP contribution in [0.3, 0.4) is 0 Å². The van der Waals surface area contributed by atoms with Crippen molar-refractivity contribution in [3.63, 3.8) is 0 Å². The molecule has 1 aliphatic carbocycles. The highest BCUT2D eigenvalue weighted by molar-refractivity contribution is 7.87. The molecule has 0 bridgehead atoms. The minimum absolute atomic E-state index is 0.0952. The van der Waals surface area contributed by atoms with Gasteiger partial charge in [0.25, 0.3) is 10.2 Å². The van der Waals surface area contributed by atoms with Crippen LogP contribution in [0.15, 0.2) is 0 Å². The van der Waals surface area contributed by atoms with Gasteiger partial charge in [-0.3, -0.25) is 0 Å². The molecule has 2 rings (SSSR count). The van der Waals surface area contributed by atoms with Gasteiger partial charge in [0, 0.05) is 25.0 Å². The number of piperidine rings is 1. The highest BCUT2D eigenvalue weighted by atomic mass is 32.2. The van der Waals surface area contributed by atoms with Crippen LogP contribution in [-0.4, -0.2) is 42.6 Å². The summed E-state index contributed by atoms with van der Waals surface area (Å²) in [5.41, 5.74) is -0.623. The van der Waals surface area contributed by atoms with Crippen molar-refractivity contribution in [2.45, 2.75) is 57.6 Å². The largest absolute Gasteiger partial charge is 0.390 e. The molecule has 0 amide bonds. The van der Waals surface area contributed by atoms with Crippen molar-refractivity contribution < 1.29 is 13.5 Å². The van der Waals surface area contributed by atoms with E-state index in [-0.39, 0.29) is 12.0 Å². The van der Waals surface area contributed by atoms with Crippen molar-refractivity contribution in [3.8, 4) is 0 Å². The SMILES string of the molecule is CC(C)NS(=O)(=O)N1CCC2(O)CCCCC2C1. The first-order valence-electron chi connectivity index (χ1n) is 6.83. The van der Waals surface area contributed by atoms with Gasteiger partial charge in [-0.05, 0) is 33.1 Å². The van der Waals surface area contributed by atoms with Gasteiger partial charge in [0.15, 0.2) is 0 Å². The number of nitrogens with zero attached hydrogens (tertiary/aromatic N) is 1. The maximum atomic E-state index is 12.1. The second-order valence-corrected chi connectivity index (χ2v) is 7.63. The van der Waals surface area contributed by atoms with E-state index in [2.05, 4.69) is 4.72 Å². The first-order valence-corrected chi connectivity index (χ1v) is 8.27. The Balaban J connectivity index is 2.06. The zero-order chi connectivity index (χ0) is 13.4. The highest BCUT2D eigenvalue weighted by Gasteiger charge is 2.45. The monoisotopic (exact) mass is 276 g/mol. The average molecular weight is 276 g/mol. The van der Waals surface area contributed by atoms with Gasteiger partial charge in [-0.25, -0.2) is 0 Å². The summed E-state index contributed by atoms with van der Waals surface area (Å²) in [7, 11) is -3.39.